The van der Waals surface area contributed by atoms with Gasteiger partial charge in [-0.05, 0) is 48.4 Å². The van der Waals surface area contributed by atoms with Gasteiger partial charge in [0.25, 0.3) is 0 Å². The van der Waals surface area contributed by atoms with E-state index in [9.17, 15) is 9.59 Å². The standard InChI is InChI=1S/C29H34N4O3/c1-36-25-12-9-21(10-13-25)17-26(32-19-24(31-20-32)11-14-27(30)34)28(35)33-16-15-29(33,18-22-7-8-22)23-5-3-2-4-6-23/h2-6,9-10,12-13,19-20,22,26H,7-8,11,14-18H2,1H3,(H2,30,34)/t26-,29+/m1/s1. The highest BCUT2D eigenvalue weighted by molar-refractivity contribution is 5.83. The summed E-state index contributed by atoms with van der Waals surface area (Å²) in [6, 6.07) is 17.9. The second-order valence-corrected chi connectivity index (χ2v) is 10.1. The number of rotatable bonds is 11. The van der Waals surface area contributed by atoms with Crippen LogP contribution in [-0.2, 0) is 28.0 Å². The molecule has 3 aromatic rings. The third-order valence-electron chi connectivity index (χ3n) is 7.68. The van der Waals surface area contributed by atoms with Crippen LogP contribution in [0.2, 0.25) is 0 Å². The molecule has 1 aliphatic carbocycles. The number of hydrogen-bond acceptors (Lipinski definition) is 4. The fraction of sp³-hybridized carbons (Fsp3) is 0.414. The largest absolute Gasteiger partial charge is 0.497 e. The predicted octanol–water partition coefficient (Wildman–Crippen LogP) is 4.02. The van der Waals surface area contributed by atoms with Crippen molar-refractivity contribution in [3.05, 3.63) is 83.9 Å². The van der Waals surface area contributed by atoms with E-state index >= 15 is 0 Å². The van der Waals surface area contributed by atoms with Crippen molar-refractivity contribution in [1.82, 2.24) is 14.5 Å². The van der Waals surface area contributed by atoms with Gasteiger partial charge < -0.3 is 19.9 Å². The molecule has 2 amide bonds. The Bertz CT molecular complexity index is 1200. The Morgan fingerprint density at radius 2 is 1.89 bits per heavy atom. The van der Waals surface area contributed by atoms with Crippen LogP contribution in [0.3, 0.4) is 0 Å². The molecule has 7 nitrogen and oxygen atoms in total. The summed E-state index contributed by atoms with van der Waals surface area (Å²) >= 11 is 0. The van der Waals surface area contributed by atoms with Crippen LogP contribution in [0.4, 0.5) is 0 Å². The number of carbonyl (C=O) groups is 2. The van der Waals surface area contributed by atoms with Crippen molar-refractivity contribution in [2.75, 3.05) is 13.7 Å². The van der Waals surface area contributed by atoms with Crippen molar-refractivity contribution >= 4 is 11.8 Å². The van der Waals surface area contributed by atoms with Crippen LogP contribution in [-0.4, -0.2) is 39.9 Å². The lowest BCUT2D eigenvalue weighted by Gasteiger charge is -2.54. The van der Waals surface area contributed by atoms with Crippen LogP contribution < -0.4 is 10.5 Å². The van der Waals surface area contributed by atoms with E-state index in [0.29, 0.717) is 18.8 Å². The minimum Gasteiger partial charge on any atom is -0.497 e. The van der Waals surface area contributed by atoms with Crippen LogP contribution >= 0.6 is 0 Å². The van der Waals surface area contributed by atoms with Crippen molar-refractivity contribution in [1.29, 1.82) is 0 Å². The highest BCUT2D eigenvalue weighted by Gasteiger charge is 2.52. The van der Waals surface area contributed by atoms with Gasteiger partial charge in [0.15, 0.2) is 0 Å². The number of nitrogens with two attached hydrogens (primary N) is 1. The Morgan fingerprint density at radius 3 is 2.50 bits per heavy atom. The van der Waals surface area contributed by atoms with Crippen LogP contribution in [0.15, 0.2) is 67.1 Å². The summed E-state index contributed by atoms with van der Waals surface area (Å²) in [4.78, 5) is 32.2. The Kier molecular flexibility index (Phi) is 6.81. The van der Waals surface area contributed by atoms with Gasteiger partial charge in [0.2, 0.25) is 11.8 Å². The fourth-order valence-corrected chi connectivity index (χ4v) is 5.41. The second kappa shape index (κ2) is 10.2. The Morgan fingerprint density at radius 1 is 1.14 bits per heavy atom. The molecule has 0 radical (unpaired) electrons. The lowest BCUT2D eigenvalue weighted by molar-refractivity contribution is -0.154. The number of likely N-dealkylation sites (tertiary alicyclic amines) is 1. The summed E-state index contributed by atoms with van der Waals surface area (Å²) in [7, 11) is 1.65. The number of primary amides is 1. The van der Waals surface area contributed by atoms with Crippen LogP contribution in [0.25, 0.3) is 0 Å². The molecule has 7 heteroatoms. The molecule has 0 spiro atoms. The minimum atomic E-state index is -0.434. The first-order valence-corrected chi connectivity index (χ1v) is 12.8. The van der Waals surface area contributed by atoms with E-state index in [4.69, 9.17) is 10.5 Å². The molecular formula is C29H34N4O3. The summed E-state index contributed by atoms with van der Waals surface area (Å²) in [5.41, 5.74) is 8.13. The maximum absolute atomic E-state index is 14.3. The van der Waals surface area contributed by atoms with Gasteiger partial charge in [-0.15, -0.1) is 0 Å². The van der Waals surface area contributed by atoms with Crippen LogP contribution in [0.5, 0.6) is 5.75 Å². The number of aryl methyl sites for hydroxylation is 1. The zero-order valence-corrected chi connectivity index (χ0v) is 20.8. The minimum absolute atomic E-state index is 0.112. The third-order valence-corrected chi connectivity index (χ3v) is 7.68. The molecular weight excluding hydrogens is 452 g/mol. The molecule has 1 saturated carbocycles. The predicted molar refractivity (Wildman–Crippen MR) is 137 cm³/mol. The van der Waals surface area contributed by atoms with Crippen molar-refractivity contribution in [3.8, 4) is 5.75 Å². The van der Waals surface area contributed by atoms with Gasteiger partial charge in [0, 0.05) is 25.6 Å². The smallest absolute Gasteiger partial charge is 0.246 e. The summed E-state index contributed by atoms with van der Waals surface area (Å²) in [6.45, 7) is 0.753. The summed E-state index contributed by atoms with van der Waals surface area (Å²) in [5.74, 6) is 1.23. The number of amides is 2. The number of benzene rings is 2. The molecule has 0 bridgehead atoms. The highest BCUT2D eigenvalue weighted by Crippen LogP contribution is 2.51. The number of ether oxygens (including phenoxy) is 1. The number of imidazole rings is 1. The van der Waals surface area contributed by atoms with Crippen molar-refractivity contribution in [2.24, 2.45) is 11.7 Å². The van der Waals surface area contributed by atoms with Crippen molar-refractivity contribution < 1.29 is 14.3 Å². The van der Waals surface area contributed by atoms with Gasteiger partial charge in [-0.25, -0.2) is 4.98 Å². The molecule has 0 unspecified atom stereocenters. The quantitative estimate of drug-likeness (QED) is 0.443. The van der Waals surface area contributed by atoms with E-state index in [1.807, 2.05) is 41.1 Å². The van der Waals surface area contributed by atoms with Crippen LogP contribution in [0, 0.1) is 5.92 Å². The van der Waals surface area contributed by atoms with Gasteiger partial charge in [0.1, 0.15) is 11.8 Å². The van der Waals surface area contributed by atoms with E-state index in [2.05, 4.69) is 34.1 Å². The molecule has 1 saturated heterocycles. The molecule has 2 heterocycles. The number of methoxy groups -OCH3 is 1. The zero-order chi connectivity index (χ0) is 25.1. The van der Waals surface area contributed by atoms with Gasteiger partial charge >= 0.3 is 0 Å². The Balaban J connectivity index is 1.45. The fourth-order valence-electron chi connectivity index (χ4n) is 5.41. The van der Waals surface area contributed by atoms with E-state index in [-0.39, 0.29) is 23.8 Å². The van der Waals surface area contributed by atoms with Crippen molar-refractivity contribution in [3.63, 3.8) is 0 Å². The number of hydrogen-bond donors (Lipinski definition) is 1. The van der Waals surface area contributed by atoms with Gasteiger partial charge in [-0.1, -0.05) is 55.3 Å². The van der Waals surface area contributed by atoms with E-state index < -0.39 is 6.04 Å². The Labute approximate surface area is 212 Å². The van der Waals surface area contributed by atoms with Crippen LogP contribution in [0.1, 0.15) is 55.0 Å². The molecule has 188 valence electrons. The average Bonchev–Trinajstić information content (AvgIpc) is 3.58. The molecule has 2 aliphatic rings. The first-order chi connectivity index (χ1) is 17.5. The molecule has 2 fully saturated rings. The maximum atomic E-state index is 14.3. The molecule has 2 atom stereocenters. The molecule has 5 rings (SSSR count). The number of carbonyl (C=O) groups excluding carboxylic acids is 2. The molecule has 2 N–H and O–H groups in total. The molecule has 36 heavy (non-hydrogen) atoms. The maximum Gasteiger partial charge on any atom is 0.246 e. The van der Waals surface area contributed by atoms with Gasteiger partial charge in [-0.2, -0.15) is 0 Å². The molecule has 2 aromatic carbocycles. The normalized spacial score (nSPS) is 20.0. The molecule has 1 aromatic heterocycles. The summed E-state index contributed by atoms with van der Waals surface area (Å²) in [6.07, 6.45) is 9.34. The van der Waals surface area contributed by atoms with Crippen molar-refractivity contribution in [2.45, 2.75) is 56.5 Å². The van der Waals surface area contributed by atoms with E-state index in [1.165, 1.54) is 18.4 Å². The Hall–Kier alpha value is -3.61. The summed E-state index contributed by atoms with van der Waals surface area (Å²) < 4.78 is 7.22. The lowest BCUT2D eigenvalue weighted by Crippen LogP contribution is -2.61. The first kappa shape index (κ1) is 24.1. The van der Waals surface area contributed by atoms with E-state index in [0.717, 1.165) is 36.4 Å². The average molecular weight is 487 g/mol. The second-order valence-electron chi connectivity index (χ2n) is 10.1. The summed E-state index contributed by atoms with van der Waals surface area (Å²) in [5, 5.41) is 0. The van der Waals surface area contributed by atoms with Gasteiger partial charge in [-0.3, -0.25) is 9.59 Å². The molecule has 1 aliphatic heterocycles. The topological polar surface area (TPSA) is 90.4 Å². The SMILES string of the molecule is COc1ccc(C[C@H](C(=O)N2CC[C@]2(CC2CC2)c2ccccc2)n2cnc(CCC(N)=O)c2)cc1. The monoisotopic (exact) mass is 486 g/mol. The first-order valence-electron chi connectivity index (χ1n) is 12.8. The lowest BCUT2D eigenvalue weighted by atomic mass is 9.73. The highest BCUT2D eigenvalue weighted by atomic mass is 16.5. The zero-order valence-electron chi connectivity index (χ0n) is 20.8. The third kappa shape index (κ3) is 5.01. The van der Waals surface area contributed by atoms with Gasteiger partial charge in [0.05, 0.1) is 24.7 Å². The number of aromatic nitrogens is 2. The van der Waals surface area contributed by atoms with E-state index in [1.54, 1.807) is 13.4 Å². The number of nitrogens with zero attached hydrogens (tertiary/aromatic N) is 3.